The average Bonchev–Trinajstić information content (AvgIpc) is 2.56. The molecule has 0 heterocycles. The summed E-state index contributed by atoms with van der Waals surface area (Å²) in [6.07, 6.45) is 0. The highest BCUT2D eigenvalue weighted by Crippen LogP contribution is 2.08. The molecular formula is C18H29N3O2. The number of hydrogen-bond donors (Lipinski definition) is 1. The molecule has 0 atom stereocenters. The molecule has 23 heavy (non-hydrogen) atoms. The molecule has 0 unspecified atom stereocenters. The van der Waals surface area contributed by atoms with Crippen molar-refractivity contribution in [3.63, 3.8) is 0 Å². The number of nitrogens with one attached hydrogen (secondary N) is 1. The van der Waals surface area contributed by atoms with Crippen molar-refractivity contribution >= 4 is 11.8 Å². The van der Waals surface area contributed by atoms with E-state index in [4.69, 9.17) is 0 Å². The van der Waals surface area contributed by atoms with Crippen LogP contribution in [0.1, 0.15) is 33.3 Å². The van der Waals surface area contributed by atoms with Crippen LogP contribution >= 0.6 is 0 Å². The van der Waals surface area contributed by atoms with Crippen LogP contribution in [-0.2, 0) is 16.1 Å². The Morgan fingerprint density at radius 1 is 1.09 bits per heavy atom. The number of hydrogen-bond acceptors (Lipinski definition) is 3. The van der Waals surface area contributed by atoms with Gasteiger partial charge in [-0.25, -0.2) is 0 Å². The molecule has 0 fully saturated rings. The van der Waals surface area contributed by atoms with Crippen molar-refractivity contribution in [2.75, 3.05) is 26.2 Å². The van der Waals surface area contributed by atoms with Crippen LogP contribution in [-0.4, -0.2) is 53.8 Å². The normalized spacial score (nSPS) is 10.9. The number of benzene rings is 1. The van der Waals surface area contributed by atoms with Crippen molar-refractivity contribution in [1.82, 2.24) is 15.1 Å². The van der Waals surface area contributed by atoms with Gasteiger partial charge in [0.1, 0.15) is 0 Å². The van der Waals surface area contributed by atoms with Crippen LogP contribution in [0.5, 0.6) is 0 Å². The quantitative estimate of drug-likeness (QED) is 0.744. The molecule has 0 saturated heterocycles. The van der Waals surface area contributed by atoms with Gasteiger partial charge in [0.05, 0.1) is 0 Å². The van der Waals surface area contributed by atoms with Crippen molar-refractivity contribution < 1.29 is 9.59 Å². The molecule has 0 saturated carbocycles. The minimum absolute atomic E-state index is 0.0313. The summed E-state index contributed by atoms with van der Waals surface area (Å²) >= 11 is 0. The van der Waals surface area contributed by atoms with Gasteiger partial charge in [-0.05, 0) is 32.5 Å². The average molecular weight is 319 g/mol. The van der Waals surface area contributed by atoms with Crippen LogP contribution in [0, 0.1) is 0 Å². The zero-order valence-electron chi connectivity index (χ0n) is 14.7. The Labute approximate surface area is 139 Å². The van der Waals surface area contributed by atoms with Gasteiger partial charge in [0, 0.05) is 25.7 Å². The third kappa shape index (κ3) is 6.40. The van der Waals surface area contributed by atoms with Crippen LogP contribution in [0.3, 0.4) is 0 Å². The van der Waals surface area contributed by atoms with Crippen molar-refractivity contribution in [2.24, 2.45) is 0 Å². The van der Waals surface area contributed by atoms with Gasteiger partial charge in [-0.15, -0.1) is 0 Å². The molecule has 128 valence electrons. The van der Waals surface area contributed by atoms with E-state index in [9.17, 15) is 9.59 Å². The first-order chi connectivity index (χ1) is 11.0. The second-order valence-electron chi connectivity index (χ2n) is 5.80. The summed E-state index contributed by atoms with van der Waals surface area (Å²) < 4.78 is 0. The lowest BCUT2D eigenvalue weighted by Crippen LogP contribution is -2.47. The fraction of sp³-hybridized carbons (Fsp3) is 0.556. The summed E-state index contributed by atoms with van der Waals surface area (Å²) in [7, 11) is 0. The Bertz CT molecular complexity index is 484. The predicted molar refractivity (Wildman–Crippen MR) is 92.9 cm³/mol. The number of nitrogens with zero attached hydrogens (tertiary/aromatic N) is 2. The van der Waals surface area contributed by atoms with Crippen molar-refractivity contribution in [3.05, 3.63) is 35.9 Å². The first-order valence-corrected chi connectivity index (χ1v) is 8.34. The molecule has 0 aromatic heterocycles. The molecule has 0 aliphatic rings. The second kappa shape index (κ2) is 10.0. The predicted octanol–water partition coefficient (Wildman–Crippen LogP) is 1.88. The number of amides is 2. The summed E-state index contributed by atoms with van der Waals surface area (Å²) in [5.41, 5.74) is 1.02. The van der Waals surface area contributed by atoms with E-state index in [1.165, 1.54) is 0 Å². The van der Waals surface area contributed by atoms with Crippen LogP contribution in [0.4, 0.5) is 0 Å². The topological polar surface area (TPSA) is 52.7 Å². The molecule has 0 radical (unpaired) electrons. The minimum Gasteiger partial charge on any atom is -0.347 e. The van der Waals surface area contributed by atoms with Crippen LogP contribution < -0.4 is 5.32 Å². The third-order valence-electron chi connectivity index (χ3n) is 3.88. The van der Waals surface area contributed by atoms with E-state index < -0.39 is 11.8 Å². The smallest absolute Gasteiger partial charge is 0.312 e. The van der Waals surface area contributed by atoms with Crippen molar-refractivity contribution in [1.29, 1.82) is 0 Å². The van der Waals surface area contributed by atoms with E-state index in [1.54, 1.807) is 4.90 Å². The number of carbonyl (C=O) groups excluding carboxylic acids is 2. The molecule has 1 aromatic carbocycles. The fourth-order valence-corrected chi connectivity index (χ4v) is 2.34. The monoisotopic (exact) mass is 319 g/mol. The maximum atomic E-state index is 12.4. The Morgan fingerprint density at radius 2 is 1.70 bits per heavy atom. The van der Waals surface area contributed by atoms with Gasteiger partial charge >= 0.3 is 11.8 Å². The number of rotatable bonds is 8. The fourth-order valence-electron chi connectivity index (χ4n) is 2.34. The Hall–Kier alpha value is -1.88. The van der Waals surface area contributed by atoms with Crippen molar-refractivity contribution in [3.8, 4) is 0 Å². The maximum absolute atomic E-state index is 12.4. The summed E-state index contributed by atoms with van der Waals surface area (Å²) in [5.74, 6) is -0.995. The van der Waals surface area contributed by atoms with Gasteiger partial charge < -0.3 is 15.1 Å². The Kier molecular flexibility index (Phi) is 8.33. The zero-order valence-corrected chi connectivity index (χ0v) is 14.7. The van der Waals surface area contributed by atoms with E-state index in [1.807, 2.05) is 44.2 Å². The van der Waals surface area contributed by atoms with E-state index >= 15 is 0 Å². The Balaban J connectivity index is 2.58. The molecule has 5 nitrogen and oxygen atoms in total. The number of carbonyl (C=O) groups is 2. The maximum Gasteiger partial charge on any atom is 0.312 e. The lowest BCUT2D eigenvalue weighted by Gasteiger charge is -2.26. The first-order valence-electron chi connectivity index (χ1n) is 8.34. The van der Waals surface area contributed by atoms with Crippen LogP contribution in [0.25, 0.3) is 0 Å². The molecule has 0 aliphatic carbocycles. The summed E-state index contributed by atoms with van der Waals surface area (Å²) in [6, 6.07) is 9.69. The summed E-state index contributed by atoms with van der Waals surface area (Å²) in [6.45, 7) is 11.6. The molecule has 0 spiro atoms. The second-order valence-corrected chi connectivity index (χ2v) is 5.80. The van der Waals surface area contributed by atoms with Crippen LogP contribution in [0.2, 0.25) is 0 Å². The van der Waals surface area contributed by atoms with E-state index in [-0.39, 0.29) is 6.04 Å². The molecule has 0 bridgehead atoms. The SMILES string of the molecule is CCN(CC)CCNC(=O)C(=O)N(Cc1ccccc1)C(C)C. The van der Waals surface area contributed by atoms with Crippen LogP contribution in [0.15, 0.2) is 30.3 Å². The lowest BCUT2D eigenvalue weighted by molar-refractivity contribution is -0.147. The minimum atomic E-state index is -0.526. The zero-order chi connectivity index (χ0) is 17.2. The van der Waals surface area contributed by atoms with E-state index in [0.29, 0.717) is 13.1 Å². The first kappa shape index (κ1) is 19.2. The highest BCUT2D eigenvalue weighted by molar-refractivity contribution is 6.35. The van der Waals surface area contributed by atoms with Gasteiger partial charge in [-0.2, -0.15) is 0 Å². The Morgan fingerprint density at radius 3 is 2.22 bits per heavy atom. The molecular weight excluding hydrogens is 290 g/mol. The summed E-state index contributed by atoms with van der Waals surface area (Å²) in [4.78, 5) is 28.3. The molecule has 1 rings (SSSR count). The van der Waals surface area contributed by atoms with Gasteiger partial charge in [-0.1, -0.05) is 44.2 Å². The highest BCUT2D eigenvalue weighted by atomic mass is 16.2. The van der Waals surface area contributed by atoms with Gasteiger partial charge in [0.15, 0.2) is 0 Å². The largest absolute Gasteiger partial charge is 0.347 e. The molecule has 2 amide bonds. The van der Waals surface area contributed by atoms with E-state index in [0.717, 1.165) is 25.2 Å². The van der Waals surface area contributed by atoms with Gasteiger partial charge in [0.2, 0.25) is 0 Å². The lowest BCUT2D eigenvalue weighted by atomic mass is 10.2. The van der Waals surface area contributed by atoms with E-state index in [2.05, 4.69) is 24.1 Å². The molecule has 0 aliphatic heterocycles. The highest BCUT2D eigenvalue weighted by Gasteiger charge is 2.24. The molecule has 1 N–H and O–H groups in total. The van der Waals surface area contributed by atoms with Gasteiger partial charge in [-0.3, -0.25) is 9.59 Å². The molecule has 5 heteroatoms. The molecule has 1 aromatic rings. The standard InChI is InChI=1S/C18H29N3O2/c1-5-20(6-2)13-12-19-17(22)18(23)21(15(3)4)14-16-10-8-7-9-11-16/h7-11,15H,5-6,12-14H2,1-4H3,(H,19,22). The summed E-state index contributed by atoms with van der Waals surface area (Å²) in [5, 5.41) is 2.73. The third-order valence-corrected chi connectivity index (χ3v) is 3.88. The van der Waals surface area contributed by atoms with Crippen molar-refractivity contribution in [2.45, 2.75) is 40.3 Å². The number of likely N-dealkylation sites (N-methyl/N-ethyl adjacent to an activating group) is 1. The van der Waals surface area contributed by atoms with Gasteiger partial charge in [0.25, 0.3) is 0 Å².